The van der Waals surface area contributed by atoms with Gasteiger partial charge in [0.05, 0.1) is 34.0 Å². The van der Waals surface area contributed by atoms with Gasteiger partial charge in [0, 0.05) is 23.0 Å². The van der Waals surface area contributed by atoms with Gasteiger partial charge in [0.25, 0.3) is 0 Å². The van der Waals surface area contributed by atoms with Crippen LogP contribution in [0.4, 0.5) is 5.69 Å². The summed E-state index contributed by atoms with van der Waals surface area (Å²) in [7, 11) is 4.30. The smallest absolute Gasteiger partial charge is 0.163 e. The van der Waals surface area contributed by atoms with Crippen LogP contribution < -0.4 is 5.32 Å². The number of benzene rings is 2. The molecule has 178 valence electrons. The minimum absolute atomic E-state index is 0. The zero-order valence-corrected chi connectivity index (χ0v) is 21.0. The standard InChI is InChI=1S/C27H31N5O.ClH/c1-17(33)22-16-28-24-11-9-19(18-8-10-23-20(13-18)15-29-31-23)14-21(24)26(22)30-27(2)12-6-5-7-25(27)32(3)4;/h8-11,13-16,25H,5-7,12H2,1-4H3,(H,28,30)(H,29,31);1H. The summed E-state index contributed by atoms with van der Waals surface area (Å²) in [5, 5.41) is 13.1. The number of pyridine rings is 1. The van der Waals surface area contributed by atoms with Gasteiger partial charge in [-0.15, -0.1) is 12.4 Å². The second-order valence-electron chi connectivity index (χ2n) is 9.77. The zero-order chi connectivity index (χ0) is 23.2. The SMILES string of the molecule is CC(=O)c1cnc2ccc(-c3ccc4[nH]ncc4c3)cc2c1NC1(C)CCCCC1N(C)C.Cl. The first kappa shape index (κ1) is 24.2. The number of nitrogens with zero attached hydrogens (tertiary/aromatic N) is 3. The number of aromatic nitrogens is 3. The van der Waals surface area contributed by atoms with Crippen molar-refractivity contribution < 1.29 is 4.79 Å². The van der Waals surface area contributed by atoms with Crippen LogP contribution in [-0.2, 0) is 0 Å². The van der Waals surface area contributed by atoms with Gasteiger partial charge >= 0.3 is 0 Å². The molecule has 0 bridgehead atoms. The number of ketones is 1. The molecule has 6 nitrogen and oxygen atoms in total. The minimum Gasteiger partial charge on any atom is -0.377 e. The van der Waals surface area contributed by atoms with E-state index in [0.29, 0.717) is 11.6 Å². The van der Waals surface area contributed by atoms with E-state index in [2.05, 4.69) is 76.7 Å². The average Bonchev–Trinajstić information content (AvgIpc) is 3.26. The lowest BCUT2D eigenvalue weighted by Gasteiger charge is -2.46. The van der Waals surface area contributed by atoms with Gasteiger partial charge in [-0.3, -0.25) is 14.9 Å². The normalized spacial score (nSPS) is 20.4. The molecule has 2 N–H and O–H groups in total. The first-order valence-corrected chi connectivity index (χ1v) is 11.7. The Hall–Kier alpha value is -2.96. The first-order chi connectivity index (χ1) is 15.9. The number of carbonyl (C=O) groups excluding carboxylic acids is 1. The van der Waals surface area contributed by atoms with Gasteiger partial charge in [0.1, 0.15) is 0 Å². The van der Waals surface area contributed by atoms with Gasteiger partial charge < -0.3 is 10.2 Å². The van der Waals surface area contributed by atoms with E-state index < -0.39 is 0 Å². The number of H-pyrrole nitrogens is 1. The van der Waals surface area contributed by atoms with Crippen molar-refractivity contribution in [1.82, 2.24) is 20.1 Å². The summed E-state index contributed by atoms with van der Waals surface area (Å²) >= 11 is 0. The molecule has 1 aliphatic rings. The van der Waals surface area contributed by atoms with Crippen LogP contribution in [0.5, 0.6) is 0 Å². The Labute approximate surface area is 206 Å². The van der Waals surface area contributed by atoms with Crippen molar-refractivity contribution in [3.63, 3.8) is 0 Å². The molecule has 7 heteroatoms. The molecular weight excluding hydrogens is 446 g/mol. The van der Waals surface area contributed by atoms with Gasteiger partial charge in [-0.05, 0) is 76.2 Å². The van der Waals surface area contributed by atoms with Crippen LogP contribution in [0.3, 0.4) is 0 Å². The molecule has 2 atom stereocenters. The molecule has 2 unspecified atom stereocenters. The largest absolute Gasteiger partial charge is 0.377 e. The van der Waals surface area contributed by atoms with Gasteiger partial charge in [0.15, 0.2) is 5.78 Å². The first-order valence-electron chi connectivity index (χ1n) is 11.7. The van der Waals surface area contributed by atoms with Crippen LogP contribution in [0, 0.1) is 0 Å². The summed E-state index contributed by atoms with van der Waals surface area (Å²) in [5.41, 5.74) is 5.52. The molecular formula is C27H32ClN5O. The molecule has 1 saturated carbocycles. The highest BCUT2D eigenvalue weighted by atomic mass is 35.5. The number of hydrogen-bond donors (Lipinski definition) is 2. The van der Waals surface area contributed by atoms with E-state index in [1.807, 2.05) is 12.3 Å². The van der Waals surface area contributed by atoms with Crippen molar-refractivity contribution in [2.75, 3.05) is 19.4 Å². The molecule has 0 aliphatic heterocycles. The van der Waals surface area contributed by atoms with Crippen LogP contribution in [-0.4, -0.2) is 51.5 Å². The lowest BCUT2D eigenvalue weighted by molar-refractivity contribution is 0.101. The van der Waals surface area contributed by atoms with E-state index in [1.165, 1.54) is 12.8 Å². The maximum absolute atomic E-state index is 12.6. The number of aromatic amines is 1. The number of hydrogen-bond acceptors (Lipinski definition) is 5. The number of likely N-dealkylation sites (N-methyl/N-ethyl adjacent to an activating group) is 1. The summed E-state index contributed by atoms with van der Waals surface area (Å²) in [6.45, 7) is 3.92. The van der Waals surface area contributed by atoms with E-state index >= 15 is 0 Å². The van der Waals surface area contributed by atoms with E-state index in [9.17, 15) is 4.79 Å². The maximum atomic E-state index is 12.6. The summed E-state index contributed by atoms with van der Waals surface area (Å²) < 4.78 is 0. The summed E-state index contributed by atoms with van der Waals surface area (Å²) in [5.74, 6) is 0.0259. The fourth-order valence-corrected chi connectivity index (χ4v) is 5.47. The van der Waals surface area contributed by atoms with Gasteiger partial charge in [-0.2, -0.15) is 5.10 Å². The Bertz CT molecular complexity index is 1350. The third-order valence-corrected chi connectivity index (χ3v) is 7.21. The second-order valence-corrected chi connectivity index (χ2v) is 9.77. The van der Waals surface area contributed by atoms with Crippen LogP contribution in [0.2, 0.25) is 0 Å². The van der Waals surface area contributed by atoms with E-state index in [4.69, 9.17) is 0 Å². The third kappa shape index (κ3) is 4.28. The fourth-order valence-electron chi connectivity index (χ4n) is 5.47. The highest BCUT2D eigenvalue weighted by Crippen LogP contribution is 2.38. The maximum Gasteiger partial charge on any atom is 0.163 e. The molecule has 2 heterocycles. The van der Waals surface area contributed by atoms with Crippen molar-refractivity contribution in [2.24, 2.45) is 0 Å². The molecule has 34 heavy (non-hydrogen) atoms. The number of carbonyl (C=O) groups is 1. The molecule has 4 aromatic rings. The Morgan fingerprint density at radius 2 is 1.88 bits per heavy atom. The topological polar surface area (TPSA) is 73.9 Å². The Morgan fingerprint density at radius 1 is 1.12 bits per heavy atom. The summed E-state index contributed by atoms with van der Waals surface area (Å²) in [6, 6.07) is 13.0. The van der Waals surface area contributed by atoms with Crippen molar-refractivity contribution in [1.29, 1.82) is 0 Å². The van der Waals surface area contributed by atoms with Crippen molar-refractivity contribution in [3.05, 3.63) is 54.4 Å². The molecule has 5 rings (SSSR count). The predicted molar refractivity (Wildman–Crippen MR) is 142 cm³/mol. The van der Waals surface area contributed by atoms with Gasteiger partial charge in [0.2, 0.25) is 0 Å². The lowest BCUT2D eigenvalue weighted by Crippen LogP contribution is -2.55. The van der Waals surface area contributed by atoms with Crippen LogP contribution in [0.1, 0.15) is 49.9 Å². The second kappa shape index (κ2) is 9.35. The Morgan fingerprint density at radius 3 is 2.65 bits per heavy atom. The average molecular weight is 478 g/mol. The van der Waals surface area contributed by atoms with Crippen LogP contribution in [0.25, 0.3) is 32.9 Å². The number of anilines is 1. The molecule has 0 spiro atoms. The van der Waals surface area contributed by atoms with E-state index in [-0.39, 0.29) is 23.7 Å². The molecule has 0 saturated heterocycles. The Balaban J connectivity index is 0.00000274. The summed E-state index contributed by atoms with van der Waals surface area (Å²) in [4.78, 5) is 19.6. The van der Waals surface area contributed by atoms with Crippen LogP contribution >= 0.6 is 12.4 Å². The van der Waals surface area contributed by atoms with E-state index in [0.717, 1.165) is 51.5 Å². The molecule has 2 aromatic carbocycles. The van der Waals surface area contributed by atoms with Gasteiger partial charge in [-0.25, -0.2) is 0 Å². The molecule has 0 amide bonds. The number of Topliss-reactive ketones (excluding diaryl/α,β-unsaturated/α-hetero) is 1. The quantitative estimate of drug-likeness (QED) is 0.341. The molecule has 1 aliphatic carbocycles. The number of halogens is 1. The fraction of sp³-hybridized carbons (Fsp3) is 0.370. The minimum atomic E-state index is -0.133. The number of nitrogens with one attached hydrogen (secondary N) is 2. The van der Waals surface area contributed by atoms with Crippen LogP contribution in [0.15, 0.2) is 48.8 Å². The monoisotopic (exact) mass is 477 g/mol. The predicted octanol–water partition coefficient (Wildman–Crippen LogP) is 6.08. The number of rotatable bonds is 5. The lowest BCUT2D eigenvalue weighted by atomic mass is 9.77. The number of fused-ring (bicyclic) bond motifs is 2. The molecule has 0 radical (unpaired) electrons. The molecule has 1 fully saturated rings. The summed E-state index contributed by atoms with van der Waals surface area (Å²) in [6.07, 6.45) is 8.19. The Kier molecular flexibility index (Phi) is 6.65. The molecule has 2 aromatic heterocycles. The van der Waals surface area contributed by atoms with E-state index in [1.54, 1.807) is 13.1 Å². The third-order valence-electron chi connectivity index (χ3n) is 7.21. The highest BCUT2D eigenvalue weighted by molar-refractivity contribution is 6.08. The zero-order valence-electron chi connectivity index (χ0n) is 20.2. The van der Waals surface area contributed by atoms with Crippen molar-refractivity contribution in [3.8, 4) is 11.1 Å². The van der Waals surface area contributed by atoms with Crippen molar-refractivity contribution >= 4 is 45.7 Å². The van der Waals surface area contributed by atoms with Gasteiger partial charge in [-0.1, -0.05) is 25.0 Å². The highest BCUT2D eigenvalue weighted by Gasteiger charge is 2.38. The van der Waals surface area contributed by atoms with Crippen molar-refractivity contribution in [2.45, 2.75) is 51.1 Å².